The molecule has 0 aromatic heterocycles. The predicted molar refractivity (Wildman–Crippen MR) is 94.3 cm³/mol. The smallest absolute Gasteiger partial charge is 0.326 e. The Morgan fingerprint density at radius 2 is 2.00 bits per heavy atom. The minimum Gasteiger partial charge on any atom is -0.454 e. The Bertz CT molecular complexity index is 652. The van der Waals surface area contributed by atoms with Crippen LogP contribution >= 0.6 is 23.2 Å². The van der Waals surface area contributed by atoms with E-state index in [-0.39, 0.29) is 19.0 Å². The SMILES string of the molecule is O=C(COC(=O)CN1CCCCCC1=O)NCc1ccc(Cl)cc1Cl. The number of ether oxygens (including phenoxy) is 1. The third kappa shape index (κ3) is 6.55. The zero-order valence-corrected chi connectivity index (χ0v) is 15.2. The lowest BCUT2D eigenvalue weighted by Crippen LogP contribution is -2.37. The van der Waals surface area contributed by atoms with Crippen molar-refractivity contribution in [3.63, 3.8) is 0 Å². The quantitative estimate of drug-likeness (QED) is 0.762. The van der Waals surface area contributed by atoms with Crippen molar-refractivity contribution in [2.75, 3.05) is 19.7 Å². The van der Waals surface area contributed by atoms with E-state index < -0.39 is 18.5 Å². The highest BCUT2D eigenvalue weighted by molar-refractivity contribution is 6.35. The zero-order valence-electron chi connectivity index (χ0n) is 13.7. The summed E-state index contributed by atoms with van der Waals surface area (Å²) in [6.07, 6.45) is 3.16. The topological polar surface area (TPSA) is 75.7 Å². The van der Waals surface area contributed by atoms with Crippen molar-refractivity contribution < 1.29 is 19.1 Å². The van der Waals surface area contributed by atoms with Gasteiger partial charge in [0, 0.05) is 29.6 Å². The van der Waals surface area contributed by atoms with E-state index in [0.29, 0.717) is 28.6 Å². The van der Waals surface area contributed by atoms with Gasteiger partial charge in [-0.05, 0) is 30.5 Å². The van der Waals surface area contributed by atoms with Gasteiger partial charge < -0.3 is 15.0 Å². The molecule has 25 heavy (non-hydrogen) atoms. The number of esters is 1. The summed E-state index contributed by atoms with van der Waals surface area (Å²) < 4.78 is 4.93. The van der Waals surface area contributed by atoms with Crippen LogP contribution in [0.15, 0.2) is 18.2 Å². The first-order valence-corrected chi connectivity index (χ1v) is 8.85. The number of benzene rings is 1. The summed E-state index contributed by atoms with van der Waals surface area (Å²) in [5.74, 6) is -1.08. The van der Waals surface area contributed by atoms with Crippen LogP contribution in [-0.2, 0) is 25.7 Å². The van der Waals surface area contributed by atoms with E-state index >= 15 is 0 Å². The Morgan fingerprint density at radius 1 is 1.20 bits per heavy atom. The number of rotatable bonds is 6. The number of carbonyl (C=O) groups is 3. The highest BCUT2D eigenvalue weighted by Gasteiger charge is 2.20. The van der Waals surface area contributed by atoms with Crippen LogP contribution in [0.1, 0.15) is 31.2 Å². The third-order valence-electron chi connectivity index (χ3n) is 3.85. The molecule has 8 heteroatoms. The van der Waals surface area contributed by atoms with Crippen LogP contribution in [0.4, 0.5) is 0 Å². The van der Waals surface area contributed by atoms with Gasteiger partial charge in [-0.15, -0.1) is 0 Å². The molecule has 2 amide bonds. The van der Waals surface area contributed by atoms with Crippen LogP contribution in [0.25, 0.3) is 0 Å². The van der Waals surface area contributed by atoms with Gasteiger partial charge in [0.2, 0.25) is 5.91 Å². The summed E-state index contributed by atoms with van der Waals surface area (Å²) in [7, 11) is 0. The standard InChI is InChI=1S/C17H20Cl2N2O4/c18-13-6-5-12(14(19)8-13)9-20-15(22)11-25-17(24)10-21-7-3-1-2-4-16(21)23/h5-6,8H,1-4,7,9-11H2,(H,20,22). The van der Waals surface area contributed by atoms with Gasteiger partial charge in [-0.2, -0.15) is 0 Å². The highest BCUT2D eigenvalue weighted by Crippen LogP contribution is 2.20. The van der Waals surface area contributed by atoms with Crippen molar-refractivity contribution in [3.05, 3.63) is 33.8 Å². The lowest BCUT2D eigenvalue weighted by atomic mass is 10.2. The average Bonchev–Trinajstić information content (AvgIpc) is 2.77. The summed E-state index contributed by atoms with van der Waals surface area (Å²) in [6.45, 7) is 0.243. The summed E-state index contributed by atoms with van der Waals surface area (Å²) in [5.41, 5.74) is 0.709. The Labute approximate surface area is 156 Å². The van der Waals surface area contributed by atoms with Crippen LogP contribution in [0, 0.1) is 0 Å². The first-order chi connectivity index (χ1) is 12.0. The van der Waals surface area contributed by atoms with Crippen LogP contribution in [0.3, 0.4) is 0 Å². The van der Waals surface area contributed by atoms with Gasteiger partial charge in [-0.3, -0.25) is 14.4 Å². The number of amides is 2. The van der Waals surface area contributed by atoms with Crippen LogP contribution in [-0.4, -0.2) is 42.4 Å². The molecule has 1 aliphatic rings. The van der Waals surface area contributed by atoms with Gasteiger partial charge >= 0.3 is 5.97 Å². The fraction of sp³-hybridized carbons (Fsp3) is 0.471. The molecule has 1 fully saturated rings. The zero-order chi connectivity index (χ0) is 18.2. The molecule has 6 nitrogen and oxygen atoms in total. The minimum atomic E-state index is -0.588. The number of nitrogens with one attached hydrogen (secondary N) is 1. The molecular weight excluding hydrogens is 367 g/mol. The third-order valence-corrected chi connectivity index (χ3v) is 4.43. The lowest BCUT2D eigenvalue weighted by Gasteiger charge is -2.19. The molecule has 0 aliphatic carbocycles. The van der Waals surface area contributed by atoms with Gasteiger partial charge in [0.1, 0.15) is 6.54 Å². The predicted octanol–water partition coefficient (Wildman–Crippen LogP) is 2.56. The average molecular weight is 387 g/mol. The molecule has 1 aromatic carbocycles. The maximum absolute atomic E-state index is 11.8. The van der Waals surface area contributed by atoms with Crippen molar-refractivity contribution in [2.45, 2.75) is 32.2 Å². The van der Waals surface area contributed by atoms with E-state index in [2.05, 4.69) is 5.32 Å². The maximum atomic E-state index is 11.8. The van der Waals surface area contributed by atoms with E-state index in [1.807, 2.05) is 0 Å². The van der Waals surface area contributed by atoms with Crippen LogP contribution < -0.4 is 5.32 Å². The molecule has 0 unspecified atom stereocenters. The summed E-state index contributed by atoms with van der Waals surface area (Å²) in [6, 6.07) is 4.97. The Hall–Kier alpha value is -1.79. The molecule has 136 valence electrons. The molecule has 1 heterocycles. The molecule has 1 saturated heterocycles. The summed E-state index contributed by atoms with van der Waals surface area (Å²) in [5, 5.41) is 3.57. The summed E-state index contributed by atoms with van der Waals surface area (Å²) >= 11 is 11.8. The molecule has 1 N–H and O–H groups in total. The molecule has 0 bridgehead atoms. The second-order valence-electron chi connectivity index (χ2n) is 5.80. The van der Waals surface area contributed by atoms with E-state index in [0.717, 1.165) is 19.3 Å². The van der Waals surface area contributed by atoms with Gasteiger partial charge in [0.15, 0.2) is 6.61 Å². The minimum absolute atomic E-state index is 0.0451. The van der Waals surface area contributed by atoms with Crippen molar-refractivity contribution in [3.8, 4) is 0 Å². The first-order valence-electron chi connectivity index (χ1n) is 8.09. The molecule has 0 saturated carbocycles. The van der Waals surface area contributed by atoms with E-state index in [4.69, 9.17) is 27.9 Å². The maximum Gasteiger partial charge on any atom is 0.326 e. The Balaban J connectivity index is 1.71. The summed E-state index contributed by atoms with van der Waals surface area (Å²) in [4.78, 5) is 36.9. The van der Waals surface area contributed by atoms with Gasteiger partial charge in [0.05, 0.1) is 0 Å². The van der Waals surface area contributed by atoms with Crippen molar-refractivity contribution >= 4 is 41.0 Å². The molecule has 1 aliphatic heterocycles. The van der Waals surface area contributed by atoms with Gasteiger partial charge in [0.25, 0.3) is 5.91 Å². The van der Waals surface area contributed by atoms with E-state index in [1.54, 1.807) is 18.2 Å². The van der Waals surface area contributed by atoms with Crippen molar-refractivity contribution in [2.24, 2.45) is 0 Å². The Morgan fingerprint density at radius 3 is 2.76 bits per heavy atom. The molecular formula is C17H20Cl2N2O4. The van der Waals surface area contributed by atoms with Crippen molar-refractivity contribution in [1.82, 2.24) is 10.2 Å². The Kier molecular flexibility index (Phi) is 7.52. The molecule has 0 atom stereocenters. The normalized spacial score (nSPS) is 14.8. The number of halogens is 2. The van der Waals surface area contributed by atoms with E-state index in [9.17, 15) is 14.4 Å². The molecule has 1 aromatic rings. The number of likely N-dealkylation sites (tertiary alicyclic amines) is 1. The molecule has 0 radical (unpaired) electrons. The highest BCUT2D eigenvalue weighted by atomic mass is 35.5. The van der Waals surface area contributed by atoms with Gasteiger partial charge in [-0.25, -0.2) is 0 Å². The number of hydrogen-bond donors (Lipinski definition) is 1. The number of nitrogens with zero attached hydrogens (tertiary/aromatic N) is 1. The fourth-order valence-corrected chi connectivity index (χ4v) is 2.94. The first kappa shape index (κ1) is 19.5. The van der Waals surface area contributed by atoms with Gasteiger partial charge in [-0.1, -0.05) is 35.7 Å². The molecule has 0 spiro atoms. The lowest BCUT2D eigenvalue weighted by molar-refractivity contribution is -0.152. The fourth-order valence-electron chi connectivity index (χ4n) is 2.46. The monoisotopic (exact) mass is 386 g/mol. The number of carbonyl (C=O) groups excluding carboxylic acids is 3. The van der Waals surface area contributed by atoms with Crippen LogP contribution in [0.5, 0.6) is 0 Å². The number of hydrogen-bond acceptors (Lipinski definition) is 4. The second-order valence-corrected chi connectivity index (χ2v) is 6.64. The largest absolute Gasteiger partial charge is 0.454 e. The van der Waals surface area contributed by atoms with Crippen molar-refractivity contribution in [1.29, 1.82) is 0 Å². The second kappa shape index (κ2) is 9.63. The van der Waals surface area contributed by atoms with E-state index in [1.165, 1.54) is 4.90 Å². The molecule has 2 rings (SSSR count). The van der Waals surface area contributed by atoms with Crippen LogP contribution in [0.2, 0.25) is 10.0 Å².